The first kappa shape index (κ1) is 11.5. The van der Waals surface area contributed by atoms with Crippen molar-refractivity contribution in [1.29, 1.82) is 0 Å². The molecule has 3 heteroatoms. The van der Waals surface area contributed by atoms with E-state index in [0.717, 1.165) is 16.9 Å². The van der Waals surface area contributed by atoms with Gasteiger partial charge in [0.1, 0.15) is 18.2 Å². The number of anilines is 1. The third-order valence-electron chi connectivity index (χ3n) is 2.47. The largest absolute Gasteiger partial charge is 0.489 e. The zero-order valence-electron chi connectivity index (χ0n) is 9.61. The molecule has 0 spiro atoms. The molecule has 0 radical (unpaired) electrons. The maximum Gasteiger partial charge on any atom is 0.125 e. The van der Waals surface area contributed by atoms with Crippen LogP contribution >= 0.6 is 0 Å². The zero-order valence-corrected chi connectivity index (χ0v) is 9.61. The molecule has 0 atom stereocenters. The quantitative estimate of drug-likeness (QED) is 0.822. The monoisotopic (exact) mass is 231 g/mol. The lowest BCUT2D eigenvalue weighted by Crippen LogP contribution is -1.99. The van der Waals surface area contributed by atoms with Gasteiger partial charge in [-0.3, -0.25) is 0 Å². The molecule has 0 aromatic heterocycles. The highest BCUT2D eigenvalue weighted by molar-refractivity contribution is 5.41. The van der Waals surface area contributed by atoms with Crippen molar-refractivity contribution in [3.63, 3.8) is 0 Å². The normalized spacial score (nSPS) is 10.2. The molecule has 17 heavy (non-hydrogen) atoms. The lowest BCUT2D eigenvalue weighted by molar-refractivity contribution is 0.303. The van der Waals surface area contributed by atoms with E-state index in [-0.39, 0.29) is 5.82 Å². The Bertz CT molecular complexity index is 505. The first-order valence-electron chi connectivity index (χ1n) is 5.38. The molecule has 88 valence electrons. The van der Waals surface area contributed by atoms with Crippen LogP contribution < -0.4 is 10.5 Å². The number of hydrogen-bond acceptors (Lipinski definition) is 2. The standard InChI is InChI=1S/C14H14FNO/c1-10-4-2-3-5-14(10)17-9-11-6-12(15)8-13(16)7-11/h2-8H,9,16H2,1H3. The van der Waals surface area contributed by atoms with Gasteiger partial charge in [0, 0.05) is 5.69 Å². The Balaban J connectivity index is 2.10. The van der Waals surface area contributed by atoms with E-state index in [9.17, 15) is 4.39 Å². The van der Waals surface area contributed by atoms with Crippen molar-refractivity contribution >= 4 is 5.69 Å². The molecule has 0 amide bonds. The number of para-hydroxylation sites is 1. The number of aryl methyl sites for hydroxylation is 1. The molecule has 0 saturated carbocycles. The maximum atomic E-state index is 13.1. The molecule has 0 bridgehead atoms. The molecule has 2 nitrogen and oxygen atoms in total. The minimum Gasteiger partial charge on any atom is -0.489 e. The van der Waals surface area contributed by atoms with Crippen LogP contribution in [0.1, 0.15) is 11.1 Å². The second-order valence-electron chi connectivity index (χ2n) is 3.95. The third kappa shape index (κ3) is 2.97. The van der Waals surface area contributed by atoms with Crippen molar-refractivity contribution in [1.82, 2.24) is 0 Å². The molecule has 0 aliphatic carbocycles. The van der Waals surface area contributed by atoms with E-state index in [1.165, 1.54) is 12.1 Å². The molecule has 0 saturated heterocycles. The van der Waals surface area contributed by atoms with Gasteiger partial charge in [-0.1, -0.05) is 18.2 Å². The van der Waals surface area contributed by atoms with Crippen LogP contribution in [0.3, 0.4) is 0 Å². The van der Waals surface area contributed by atoms with Crippen LogP contribution in [-0.2, 0) is 6.61 Å². The second kappa shape index (κ2) is 4.87. The molecule has 0 aliphatic heterocycles. The van der Waals surface area contributed by atoms with Crippen LogP contribution in [0.2, 0.25) is 0 Å². The van der Waals surface area contributed by atoms with Gasteiger partial charge in [0.15, 0.2) is 0 Å². The highest BCUT2D eigenvalue weighted by Crippen LogP contribution is 2.19. The molecule has 0 fully saturated rings. The number of halogens is 1. The Labute approximate surface area is 99.8 Å². The number of nitrogens with two attached hydrogens (primary N) is 1. The Morgan fingerprint density at radius 1 is 1.18 bits per heavy atom. The van der Waals surface area contributed by atoms with Crippen molar-refractivity contribution in [2.45, 2.75) is 13.5 Å². The van der Waals surface area contributed by atoms with Gasteiger partial charge in [0.2, 0.25) is 0 Å². The number of rotatable bonds is 3. The fourth-order valence-electron chi connectivity index (χ4n) is 1.64. The van der Waals surface area contributed by atoms with Crippen LogP contribution in [0.25, 0.3) is 0 Å². The average Bonchev–Trinajstić information content (AvgIpc) is 2.27. The Morgan fingerprint density at radius 3 is 2.65 bits per heavy atom. The minimum absolute atomic E-state index is 0.312. The van der Waals surface area contributed by atoms with E-state index >= 15 is 0 Å². The summed E-state index contributed by atoms with van der Waals surface area (Å²) in [7, 11) is 0. The van der Waals surface area contributed by atoms with Crippen molar-refractivity contribution in [3.05, 3.63) is 59.4 Å². The maximum absolute atomic E-state index is 13.1. The Morgan fingerprint density at radius 2 is 1.94 bits per heavy atom. The third-order valence-corrected chi connectivity index (χ3v) is 2.47. The first-order valence-corrected chi connectivity index (χ1v) is 5.38. The van der Waals surface area contributed by atoms with Gasteiger partial charge in [0.25, 0.3) is 0 Å². The van der Waals surface area contributed by atoms with Crippen molar-refractivity contribution in [2.75, 3.05) is 5.73 Å². The lowest BCUT2D eigenvalue weighted by atomic mass is 10.2. The molecular formula is C14H14FNO. The van der Waals surface area contributed by atoms with Gasteiger partial charge >= 0.3 is 0 Å². The summed E-state index contributed by atoms with van der Waals surface area (Å²) in [5, 5.41) is 0. The molecular weight excluding hydrogens is 217 g/mol. The van der Waals surface area contributed by atoms with Gasteiger partial charge in [-0.2, -0.15) is 0 Å². The molecule has 0 aliphatic rings. The van der Waals surface area contributed by atoms with Gasteiger partial charge in [0.05, 0.1) is 0 Å². The number of ether oxygens (including phenoxy) is 1. The highest BCUT2D eigenvalue weighted by Gasteiger charge is 2.01. The van der Waals surface area contributed by atoms with E-state index in [1.807, 2.05) is 31.2 Å². The summed E-state index contributed by atoms with van der Waals surface area (Å²) < 4.78 is 18.7. The zero-order chi connectivity index (χ0) is 12.3. The number of nitrogen functional groups attached to an aromatic ring is 1. The molecule has 2 rings (SSSR count). The smallest absolute Gasteiger partial charge is 0.125 e. The number of hydrogen-bond donors (Lipinski definition) is 1. The average molecular weight is 231 g/mol. The van der Waals surface area contributed by atoms with Crippen molar-refractivity contribution < 1.29 is 9.13 Å². The molecule has 0 unspecified atom stereocenters. The first-order chi connectivity index (χ1) is 8.15. The molecule has 2 N–H and O–H groups in total. The van der Waals surface area contributed by atoms with Gasteiger partial charge < -0.3 is 10.5 Å². The van der Waals surface area contributed by atoms with Gasteiger partial charge in [-0.05, 0) is 42.3 Å². The van der Waals surface area contributed by atoms with E-state index in [0.29, 0.717) is 12.3 Å². The van der Waals surface area contributed by atoms with E-state index < -0.39 is 0 Å². The fraction of sp³-hybridized carbons (Fsp3) is 0.143. The summed E-state index contributed by atoms with van der Waals surface area (Å²) in [5.74, 6) is 0.462. The summed E-state index contributed by atoms with van der Waals surface area (Å²) in [6, 6.07) is 12.1. The summed E-state index contributed by atoms with van der Waals surface area (Å²) in [4.78, 5) is 0. The van der Waals surface area contributed by atoms with Gasteiger partial charge in [-0.15, -0.1) is 0 Å². The predicted octanol–water partition coefficient (Wildman–Crippen LogP) is 3.30. The van der Waals surface area contributed by atoms with Gasteiger partial charge in [-0.25, -0.2) is 4.39 Å². The Hall–Kier alpha value is -2.03. The summed E-state index contributed by atoms with van der Waals surface area (Å²) in [6.07, 6.45) is 0. The summed E-state index contributed by atoms with van der Waals surface area (Å²) in [6.45, 7) is 2.28. The van der Waals surface area contributed by atoms with Crippen LogP contribution in [0, 0.1) is 12.7 Å². The second-order valence-corrected chi connectivity index (χ2v) is 3.95. The van der Waals surface area contributed by atoms with E-state index in [4.69, 9.17) is 10.5 Å². The van der Waals surface area contributed by atoms with E-state index in [1.54, 1.807) is 6.07 Å². The fourth-order valence-corrected chi connectivity index (χ4v) is 1.64. The summed E-state index contributed by atoms with van der Waals surface area (Å²) >= 11 is 0. The highest BCUT2D eigenvalue weighted by atomic mass is 19.1. The molecule has 0 heterocycles. The summed E-state index contributed by atoms with van der Waals surface area (Å²) in [5.41, 5.74) is 7.75. The topological polar surface area (TPSA) is 35.2 Å². The van der Waals surface area contributed by atoms with Crippen LogP contribution in [-0.4, -0.2) is 0 Å². The van der Waals surface area contributed by atoms with E-state index in [2.05, 4.69) is 0 Å². The SMILES string of the molecule is Cc1ccccc1OCc1cc(N)cc(F)c1. The lowest BCUT2D eigenvalue weighted by Gasteiger charge is -2.09. The predicted molar refractivity (Wildman–Crippen MR) is 66.3 cm³/mol. The van der Waals surface area contributed by atoms with Crippen LogP contribution in [0.4, 0.5) is 10.1 Å². The Kier molecular flexibility index (Phi) is 3.28. The van der Waals surface area contributed by atoms with Crippen molar-refractivity contribution in [2.24, 2.45) is 0 Å². The molecule has 2 aromatic carbocycles. The van der Waals surface area contributed by atoms with Crippen molar-refractivity contribution in [3.8, 4) is 5.75 Å². The van der Waals surface area contributed by atoms with Crippen LogP contribution in [0.5, 0.6) is 5.75 Å². The number of benzene rings is 2. The minimum atomic E-state index is -0.339. The van der Waals surface area contributed by atoms with Crippen LogP contribution in [0.15, 0.2) is 42.5 Å². The molecule has 2 aromatic rings.